The van der Waals surface area contributed by atoms with Crippen molar-refractivity contribution in [3.05, 3.63) is 0 Å². The average molecular weight is 386 g/mol. The summed E-state index contributed by atoms with van der Waals surface area (Å²) in [5, 5.41) is 0. The fraction of sp³-hybridized carbons (Fsp3) is 1.00. The molecule has 2 rings (SSSR count). The van der Waals surface area contributed by atoms with E-state index < -0.39 is 64.0 Å². The van der Waals surface area contributed by atoms with Crippen molar-refractivity contribution in [3.63, 3.8) is 0 Å². The predicted molar refractivity (Wildman–Crippen MR) is 63.3 cm³/mol. The van der Waals surface area contributed by atoms with Crippen LogP contribution in [0.3, 0.4) is 0 Å². The summed E-state index contributed by atoms with van der Waals surface area (Å²) in [6.07, 6.45) is 0. The Hall–Kier alpha value is 0.340. The fourth-order valence-electron chi connectivity index (χ4n) is 1.35. The zero-order valence-corrected chi connectivity index (χ0v) is 13.7. The summed E-state index contributed by atoms with van der Waals surface area (Å²) in [6.45, 7) is -1.98. The number of phosphoric ester groups is 2. The molecule has 0 saturated carbocycles. The third-order valence-electron chi connectivity index (χ3n) is 2.36. The normalized spacial score (nSPS) is 46.4. The topological polar surface area (TPSA) is 164 Å². The van der Waals surface area contributed by atoms with Gasteiger partial charge in [0, 0.05) is 9.13 Å². The summed E-state index contributed by atoms with van der Waals surface area (Å²) >= 11 is 0. The van der Waals surface area contributed by atoms with Crippen LogP contribution in [0.15, 0.2) is 0 Å². The highest BCUT2D eigenvalue weighted by Crippen LogP contribution is 2.63. The summed E-state index contributed by atoms with van der Waals surface area (Å²) in [6, 6.07) is 0. The Morgan fingerprint density at radius 1 is 0.857 bits per heavy atom. The van der Waals surface area contributed by atoms with Crippen LogP contribution in [0.2, 0.25) is 0 Å². The lowest BCUT2D eigenvalue weighted by molar-refractivity contribution is -0.0337. The molecular formula is C5H10O12P4+2. The molecule has 0 aromatic heterocycles. The molecule has 4 atom stereocenters. The Morgan fingerprint density at radius 3 is 1.71 bits per heavy atom. The van der Waals surface area contributed by atoms with Crippen LogP contribution in [0, 0.1) is 5.41 Å². The molecule has 2 aliphatic rings. The third kappa shape index (κ3) is 5.18. The maximum Gasteiger partial charge on any atom is 0.747 e. The number of rotatable bonds is 0. The van der Waals surface area contributed by atoms with E-state index in [1.807, 2.05) is 0 Å². The molecule has 0 bridgehead atoms. The van der Waals surface area contributed by atoms with Crippen LogP contribution in [-0.2, 0) is 45.0 Å². The van der Waals surface area contributed by atoms with Gasteiger partial charge in [-0.1, -0.05) is 0 Å². The van der Waals surface area contributed by atoms with Crippen LogP contribution in [-0.4, -0.2) is 36.2 Å². The van der Waals surface area contributed by atoms with Crippen molar-refractivity contribution < 1.29 is 54.8 Å². The zero-order valence-electron chi connectivity index (χ0n) is 10.1. The van der Waals surface area contributed by atoms with Crippen molar-refractivity contribution in [2.24, 2.45) is 5.41 Å². The van der Waals surface area contributed by atoms with Crippen LogP contribution in [0.25, 0.3) is 0 Å². The molecule has 0 aliphatic carbocycles. The van der Waals surface area contributed by atoms with Gasteiger partial charge in [-0.25, -0.2) is 9.13 Å². The van der Waals surface area contributed by atoms with Crippen molar-refractivity contribution >= 4 is 32.2 Å². The van der Waals surface area contributed by atoms with E-state index >= 15 is 0 Å². The molecule has 0 radical (unpaired) electrons. The smallest absolute Gasteiger partial charge is 0.302 e. The minimum atomic E-state index is -4.85. The van der Waals surface area contributed by atoms with Crippen molar-refractivity contribution in [1.29, 1.82) is 0 Å². The first-order valence-electron chi connectivity index (χ1n) is 5.16. The van der Waals surface area contributed by atoms with Gasteiger partial charge in [0.05, 0.1) is 18.6 Å². The van der Waals surface area contributed by atoms with Crippen LogP contribution in [0.4, 0.5) is 0 Å². The minimum absolute atomic E-state index is 0.425. The standard InChI is InChI=1S/C5H8O12P4/c6-18-12-1-5(2-13-19(7)16-18)3-14-20(8,9)17-21(10,11)15-4-5/h1-4H2/p+2. The van der Waals surface area contributed by atoms with Crippen molar-refractivity contribution in [2.45, 2.75) is 0 Å². The Bertz CT molecular complexity index is 498. The fourth-order valence-corrected chi connectivity index (χ4v) is 5.21. The number of hydrogen-bond acceptors (Lipinski definition) is 10. The van der Waals surface area contributed by atoms with Crippen LogP contribution < -0.4 is 0 Å². The Balaban J connectivity index is 2.22. The van der Waals surface area contributed by atoms with Crippen LogP contribution in [0.1, 0.15) is 0 Å². The summed E-state index contributed by atoms with van der Waals surface area (Å²) in [5.41, 5.74) is -1.40. The maximum absolute atomic E-state index is 11.4. The predicted octanol–water partition coefficient (Wildman–Crippen LogP) is 1.62. The monoisotopic (exact) mass is 386 g/mol. The second-order valence-electron chi connectivity index (χ2n) is 4.14. The largest absolute Gasteiger partial charge is 0.747 e. The van der Waals surface area contributed by atoms with E-state index in [4.69, 9.17) is 9.05 Å². The van der Waals surface area contributed by atoms with E-state index in [-0.39, 0.29) is 0 Å². The summed E-state index contributed by atoms with van der Waals surface area (Å²) in [5.74, 6) is 0. The average Bonchev–Trinajstić information content (AvgIpc) is 2.33. The molecule has 4 unspecified atom stereocenters. The lowest BCUT2D eigenvalue weighted by Gasteiger charge is -2.32. The molecule has 2 N–H and O–H groups in total. The molecule has 0 aromatic rings. The molecule has 0 aromatic carbocycles. The van der Waals surface area contributed by atoms with E-state index in [9.17, 15) is 28.0 Å². The number of hydrogen-bond donors (Lipinski definition) is 2. The molecule has 2 saturated heterocycles. The van der Waals surface area contributed by atoms with Gasteiger partial charge >= 0.3 is 32.2 Å². The highest BCUT2D eigenvalue weighted by molar-refractivity contribution is 7.61. The molecule has 2 fully saturated rings. The van der Waals surface area contributed by atoms with Crippen LogP contribution in [0.5, 0.6) is 0 Å². The first-order chi connectivity index (χ1) is 9.62. The van der Waals surface area contributed by atoms with Crippen molar-refractivity contribution in [1.82, 2.24) is 0 Å². The summed E-state index contributed by atoms with van der Waals surface area (Å²) in [7, 11) is -15.2. The highest BCUT2D eigenvalue weighted by Gasteiger charge is 2.52. The molecule has 21 heavy (non-hydrogen) atoms. The van der Waals surface area contributed by atoms with Gasteiger partial charge in [-0.2, -0.15) is 4.31 Å². The van der Waals surface area contributed by atoms with E-state index in [1.54, 1.807) is 0 Å². The molecule has 1 spiro atoms. The molecular weight excluding hydrogens is 376 g/mol. The Kier molecular flexibility index (Phi) is 5.43. The number of phosphoric acid groups is 2. The van der Waals surface area contributed by atoms with E-state index in [0.717, 1.165) is 0 Å². The molecule has 2 heterocycles. The zero-order chi connectivity index (χ0) is 15.7. The van der Waals surface area contributed by atoms with Gasteiger partial charge in [0.1, 0.15) is 13.2 Å². The Morgan fingerprint density at radius 2 is 1.29 bits per heavy atom. The quantitative estimate of drug-likeness (QED) is 0.579. The molecule has 16 heteroatoms. The van der Waals surface area contributed by atoms with Gasteiger partial charge in [0.15, 0.2) is 4.31 Å². The first kappa shape index (κ1) is 17.7. The van der Waals surface area contributed by atoms with Gasteiger partial charge in [0.25, 0.3) is 0 Å². The lowest BCUT2D eigenvalue weighted by atomic mass is 9.93. The van der Waals surface area contributed by atoms with Gasteiger partial charge in [-0.15, -0.1) is 9.05 Å². The lowest BCUT2D eigenvalue weighted by Crippen LogP contribution is -2.41. The van der Waals surface area contributed by atoms with E-state index in [2.05, 4.69) is 17.7 Å². The molecule has 0 amide bonds. The van der Waals surface area contributed by atoms with Crippen molar-refractivity contribution in [3.8, 4) is 0 Å². The van der Waals surface area contributed by atoms with Crippen LogP contribution >= 0.6 is 32.2 Å². The van der Waals surface area contributed by atoms with E-state index in [1.165, 1.54) is 0 Å². The highest BCUT2D eigenvalue weighted by atomic mass is 31.3. The SMILES string of the molecule is O=[P+]1OCC2(CO[P+](=O)O1)COP(=O)(O)OP(=O)(O)OC2. The summed E-state index contributed by atoms with van der Waals surface area (Å²) < 4.78 is 72.1. The van der Waals surface area contributed by atoms with Gasteiger partial charge < -0.3 is 9.79 Å². The van der Waals surface area contributed by atoms with Gasteiger partial charge in [0.2, 0.25) is 0 Å². The molecule has 12 nitrogen and oxygen atoms in total. The first-order valence-corrected chi connectivity index (χ1v) is 10.3. The molecule has 120 valence electrons. The van der Waals surface area contributed by atoms with Gasteiger partial charge in [-0.3, -0.25) is 9.05 Å². The van der Waals surface area contributed by atoms with Gasteiger partial charge in [-0.05, 0) is 0 Å². The maximum atomic E-state index is 11.4. The summed E-state index contributed by atoms with van der Waals surface area (Å²) in [4.78, 5) is 18.5. The Labute approximate surface area is 119 Å². The minimum Gasteiger partial charge on any atom is -0.302 e. The second-order valence-corrected chi connectivity index (χ2v) is 9.25. The van der Waals surface area contributed by atoms with E-state index in [0.29, 0.717) is 0 Å². The third-order valence-corrected chi connectivity index (χ3v) is 6.67. The molecule has 2 aliphatic heterocycles. The van der Waals surface area contributed by atoms with Crippen molar-refractivity contribution in [2.75, 3.05) is 26.4 Å². The second kappa shape index (κ2) is 6.45.